The maximum absolute atomic E-state index is 12.2. The summed E-state index contributed by atoms with van der Waals surface area (Å²) in [5.74, 6) is 0.251. The van der Waals surface area contributed by atoms with E-state index < -0.39 is 0 Å². The van der Waals surface area contributed by atoms with Crippen LogP contribution in [-0.2, 0) is 13.6 Å². The van der Waals surface area contributed by atoms with Gasteiger partial charge < -0.3 is 10.6 Å². The first kappa shape index (κ1) is 12.6. The molecule has 6 nitrogen and oxygen atoms in total. The van der Waals surface area contributed by atoms with Crippen molar-refractivity contribution in [2.75, 3.05) is 12.8 Å². The largest absolute Gasteiger partial charge is 0.383 e. The highest BCUT2D eigenvalue weighted by atomic mass is 32.1. The summed E-state index contributed by atoms with van der Waals surface area (Å²) in [5, 5.41) is 3.97. The fraction of sp³-hybridized carbons (Fsp3) is 0.364. The molecule has 0 bridgehead atoms. The predicted octanol–water partition coefficient (Wildman–Crippen LogP) is 1.04. The Hall–Kier alpha value is -1.89. The zero-order valence-corrected chi connectivity index (χ0v) is 11.4. The molecule has 2 aromatic heterocycles. The number of aryl methyl sites for hydroxylation is 2. The van der Waals surface area contributed by atoms with Gasteiger partial charge in [0.15, 0.2) is 0 Å². The summed E-state index contributed by atoms with van der Waals surface area (Å²) in [5.41, 5.74) is 8.96. The quantitative estimate of drug-likeness (QED) is 0.899. The third-order valence-electron chi connectivity index (χ3n) is 2.79. The van der Waals surface area contributed by atoms with Crippen LogP contribution < -0.4 is 5.73 Å². The van der Waals surface area contributed by atoms with Crippen molar-refractivity contribution in [1.29, 1.82) is 0 Å². The summed E-state index contributed by atoms with van der Waals surface area (Å²) in [4.78, 5) is 19.1. The lowest BCUT2D eigenvalue weighted by Gasteiger charge is -2.16. The smallest absolute Gasteiger partial charge is 0.259 e. The van der Waals surface area contributed by atoms with E-state index in [2.05, 4.69) is 10.1 Å². The number of thiazole rings is 1. The molecule has 0 spiro atoms. The van der Waals surface area contributed by atoms with Gasteiger partial charge in [0, 0.05) is 19.0 Å². The molecule has 96 valence electrons. The fourth-order valence-electron chi connectivity index (χ4n) is 1.58. The van der Waals surface area contributed by atoms with Crippen LogP contribution in [0.25, 0.3) is 0 Å². The number of carbonyl (C=O) groups is 1. The maximum atomic E-state index is 12.2. The SMILES string of the molecule is Cc1ncsc1CN(C)C(=O)c1cnn(C)c1N. The van der Waals surface area contributed by atoms with E-state index in [4.69, 9.17) is 5.73 Å². The predicted molar refractivity (Wildman–Crippen MR) is 70.3 cm³/mol. The van der Waals surface area contributed by atoms with Crippen LogP contribution in [0.15, 0.2) is 11.7 Å². The molecule has 2 rings (SSSR count). The van der Waals surface area contributed by atoms with Crippen LogP contribution in [0.1, 0.15) is 20.9 Å². The Morgan fingerprint density at radius 1 is 1.61 bits per heavy atom. The molecule has 0 aromatic carbocycles. The first-order valence-corrected chi connectivity index (χ1v) is 6.30. The molecule has 2 N–H and O–H groups in total. The molecule has 0 fully saturated rings. The van der Waals surface area contributed by atoms with Gasteiger partial charge in [-0.05, 0) is 6.92 Å². The summed E-state index contributed by atoms with van der Waals surface area (Å²) in [6, 6.07) is 0. The van der Waals surface area contributed by atoms with E-state index in [-0.39, 0.29) is 5.91 Å². The van der Waals surface area contributed by atoms with E-state index in [0.29, 0.717) is 17.9 Å². The number of nitrogens with two attached hydrogens (primary N) is 1. The molecule has 0 radical (unpaired) electrons. The van der Waals surface area contributed by atoms with Gasteiger partial charge in [-0.15, -0.1) is 11.3 Å². The van der Waals surface area contributed by atoms with Crippen molar-refractivity contribution < 1.29 is 4.79 Å². The second kappa shape index (κ2) is 4.77. The van der Waals surface area contributed by atoms with Crippen LogP contribution >= 0.6 is 11.3 Å². The van der Waals surface area contributed by atoms with Crippen molar-refractivity contribution in [3.63, 3.8) is 0 Å². The summed E-state index contributed by atoms with van der Waals surface area (Å²) in [7, 11) is 3.45. The lowest BCUT2D eigenvalue weighted by molar-refractivity contribution is 0.0787. The Balaban J connectivity index is 2.15. The molecule has 7 heteroatoms. The second-order valence-corrected chi connectivity index (χ2v) is 5.03. The highest BCUT2D eigenvalue weighted by Gasteiger charge is 2.18. The van der Waals surface area contributed by atoms with Crippen LogP contribution in [0.2, 0.25) is 0 Å². The van der Waals surface area contributed by atoms with Gasteiger partial charge in [0.25, 0.3) is 5.91 Å². The van der Waals surface area contributed by atoms with Gasteiger partial charge in [-0.1, -0.05) is 0 Å². The highest BCUT2D eigenvalue weighted by molar-refractivity contribution is 7.09. The van der Waals surface area contributed by atoms with Gasteiger partial charge in [-0.25, -0.2) is 4.98 Å². The number of carbonyl (C=O) groups excluding carboxylic acids is 1. The topological polar surface area (TPSA) is 77.0 Å². The van der Waals surface area contributed by atoms with Gasteiger partial charge in [-0.3, -0.25) is 9.48 Å². The molecule has 0 aliphatic rings. The molecule has 1 amide bonds. The molecule has 0 aliphatic carbocycles. The minimum atomic E-state index is -0.131. The monoisotopic (exact) mass is 265 g/mol. The average molecular weight is 265 g/mol. The Morgan fingerprint density at radius 2 is 2.33 bits per heavy atom. The molecule has 0 aliphatic heterocycles. The zero-order valence-electron chi connectivity index (χ0n) is 10.5. The zero-order chi connectivity index (χ0) is 13.3. The average Bonchev–Trinajstić information content (AvgIpc) is 2.87. The number of nitrogens with zero attached hydrogens (tertiary/aromatic N) is 4. The molecule has 0 saturated heterocycles. The summed E-state index contributed by atoms with van der Waals surface area (Å²) < 4.78 is 1.49. The van der Waals surface area contributed by atoms with E-state index >= 15 is 0 Å². The van der Waals surface area contributed by atoms with Gasteiger partial charge in [0.2, 0.25) is 0 Å². The van der Waals surface area contributed by atoms with Crippen LogP contribution in [0.3, 0.4) is 0 Å². The van der Waals surface area contributed by atoms with Crippen molar-refractivity contribution in [2.45, 2.75) is 13.5 Å². The van der Waals surface area contributed by atoms with Gasteiger partial charge in [-0.2, -0.15) is 5.10 Å². The third-order valence-corrected chi connectivity index (χ3v) is 3.71. The maximum Gasteiger partial charge on any atom is 0.259 e. The Labute approximate surface area is 109 Å². The minimum Gasteiger partial charge on any atom is -0.383 e. The molecule has 2 aromatic rings. The van der Waals surface area contributed by atoms with Crippen molar-refractivity contribution in [3.05, 3.63) is 27.8 Å². The van der Waals surface area contributed by atoms with Crippen molar-refractivity contribution in [2.24, 2.45) is 7.05 Å². The number of hydrogen-bond donors (Lipinski definition) is 1. The lowest BCUT2D eigenvalue weighted by Crippen LogP contribution is -2.26. The third kappa shape index (κ3) is 2.21. The van der Waals surface area contributed by atoms with Crippen molar-refractivity contribution in [1.82, 2.24) is 19.7 Å². The molecule has 2 heterocycles. The van der Waals surface area contributed by atoms with Gasteiger partial charge >= 0.3 is 0 Å². The van der Waals surface area contributed by atoms with E-state index in [1.54, 1.807) is 35.8 Å². The molecule has 18 heavy (non-hydrogen) atoms. The first-order valence-electron chi connectivity index (χ1n) is 5.42. The summed E-state index contributed by atoms with van der Waals surface area (Å²) >= 11 is 1.54. The summed E-state index contributed by atoms with van der Waals surface area (Å²) in [6.45, 7) is 2.46. The van der Waals surface area contributed by atoms with E-state index in [1.807, 2.05) is 6.92 Å². The minimum absolute atomic E-state index is 0.131. The van der Waals surface area contributed by atoms with Crippen molar-refractivity contribution in [3.8, 4) is 0 Å². The van der Waals surface area contributed by atoms with E-state index in [9.17, 15) is 4.79 Å². The Kier molecular flexibility index (Phi) is 3.33. The summed E-state index contributed by atoms with van der Waals surface area (Å²) in [6.07, 6.45) is 1.49. The van der Waals surface area contributed by atoms with Crippen LogP contribution in [0.4, 0.5) is 5.82 Å². The number of anilines is 1. The van der Waals surface area contributed by atoms with Crippen molar-refractivity contribution >= 4 is 23.1 Å². The first-order chi connectivity index (χ1) is 8.50. The number of nitrogen functional groups attached to an aromatic ring is 1. The lowest BCUT2D eigenvalue weighted by atomic mass is 10.2. The molecule has 0 atom stereocenters. The molecule has 0 saturated carbocycles. The standard InChI is InChI=1S/C11H15N5OS/c1-7-9(18-6-13-7)5-15(2)11(17)8-4-14-16(3)10(8)12/h4,6H,5,12H2,1-3H3. The number of rotatable bonds is 3. The Morgan fingerprint density at radius 3 is 2.83 bits per heavy atom. The molecule has 0 unspecified atom stereocenters. The fourth-order valence-corrected chi connectivity index (χ4v) is 2.41. The van der Waals surface area contributed by atoms with E-state index in [0.717, 1.165) is 10.6 Å². The number of hydrogen-bond acceptors (Lipinski definition) is 5. The normalized spacial score (nSPS) is 10.6. The number of aromatic nitrogens is 3. The van der Waals surface area contributed by atoms with Crippen LogP contribution in [-0.4, -0.2) is 32.6 Å². The second-order valence-electron chi connectivity index (χ2n) is 4.09. The molecular weight excluding hydrogens is 250 g/mol. The Bertz CT molecular complexity index is 574. The number of amides is 1. The van der Waals surface area contributed by atoms with Crippen LogP contribution in [0.5, 0.6) is 0 Å². The van der Waals surface area contributed by atoms with Gasteiger partial charge in [0.1, 0.15) is 11.4 Å². The molecular formula is C11H15N5OS. The van der Waals surface area contributed by atoms with Crippen LogP contribution in [0, 0.1) is 6.92 Å². The van der Waals surface area contributed by atoms with Gasteiger partial charge in [0.05, 0.1) is 23.9 Å². The highest BCUT2D eigenvalue weighted by Crippen LogP contribution is 2.17. The van der Waals surface area contributed by atoms with E-state index in [1.165, 1.54) is 10.9 Å².